The van der Waals surface area contributed by atoms with Crippen molar-refractivity contribution in [2.75, 3.05) is 13.2 Å². The number of amides is 2. The van der Waals surface area contributed by atoms with Crippen LogP contribution in [0.4, 0.5) is 9.59 Å². The summed E-state index contributed by atoms with van der Waals surface area (Å²) >= 11 is 0. The standard InChI is InChI=1S/C20H28N2O5/c1-20(2,3)27-19(24)22-12-15(17-16(22)10-7-11-25-17)21-18(23)26-13-14-8-5-4-6-9-14/h4-6,8-9,15-17H,7,10-13H2,1-3H3,(H,21,23)/t15-,16-,17-/m0/s1. The Balaban J connectivity index is 1.59. The van der Waals surface area contributed by atoms with Crippen LogP contribution in [0, 0.1) is 0 Å². The molecule has 2 aliphatic rings. The van der Waals surface area contributed by atoms with Crippen LogP contribution < -0.4 is 5.32 Å². The van der Waals surface area contributed by atoms with E-state index in [1.165, 1.54) is 0 Å². The van der Waals surface area contributed by atoms with Crippen LogP contribution in [0.2, 0.25) is 0 Å². The Hall–Kier alpha value is -2.28. The van der Waals surface area contributed by atoms with Crippen LogP contribution in [0.25, 0.3) is 0 Å². The largest absolute Gasteiger partial charge is 0.445 e. The lowest BCUT2D eigenvalue weighted by Gasteiger charge is -2.33. The summed E-state index contributed by atoms with van der Waals surface area (Å²) in [5.41, 5.74) is 0.351. The summed E-state index contributed by atoms with van der Waals surface area (Å²) in [6.45, 7) is 6.70. The fourth-order valence-electron chi connectivity index (χ4n) is 3.53. The third-order valence-electron chi connectivity index (χ3n) is 4.67. The van der Waals surface area contributed by atoms with E-state index in [9.17, 15) is 9.59 Å². The number of nitrogens with one attached hydrogen (secondary N) is 1. The van der Waals surface area contributed by atoms with Crippen LogP contribution in [0.3, 0.4) is 0 Å². The van der Waals surface area contributed by atoms with Gasteiger partial charge in [0, 0.05) is 13.2 Å². The summed E-state index contributed by atoms with van der Waals surface area (Å²) in [5.74, 6) is 0. The molecule has 7 nitrogen and oxygen atoms in total. The highest BCUT2D eigenvalue weighted by Crippen LogP contribution is 2.30. The average molecular weight is 376 g/mol. The van der Waals surface area contributed by atoms with Gasteiger partial charge in [0.2, 0.25) is 0 Å². The Morgan fingerprint density at radius 1 is 1.26 bits per heavy atom. The van der Waals surface area contributed by atoms with Gasteiger partial charge in [0.15, 0.2) is 0 Å². The summed E-state index contributed by atoms with van der Waals surface area (Å²) in [4.78, 5) is 26.5. The lowest BCUT2D eigenvalue weighted by molar-refractivity contribution is -0.0290. The van der Waals surface area contributed by atoms with E-state index < -0.39 is 11.7 Å². The van der Waals surface area contributed by atoms with Gasteiger partial charge in [-0.05, 0) is 39.2 Å². The van der Waals surface area contributed by atoms with Crippen molar-refractivity contribution in [1.82, 2.24) is 10.2 Å². The van der Waals surface area contributed by atoms with Gasteiger partial charge in [-0.15, -0.1) is 0 Å². The normalized spacial score (nSPS) is 24.9. The molecular weight excluding hydrogens is 348 g/mol. The minimum atomic E-state index is -0.567. The van der Waals surface area contributed by atoms with Crippen molar-refractivity contribution < 1.29 is 23.8 Å². The zero-order chi connectivity index (χ0) is 19.4. The van der Waals surface area contributed by atoms with E-state index in [4.69, 9.17) is 14.2 Å². The summed E-state index contributed by atoms with van der Waals surface area (Å²) in [6, 6.07) is 9.09. The molecule has 2 heterocycles. The Morgan fingerprint density at radius 2 is 2.00 bits per heavy atom. The van der Waals surface area contributed by atoms with Gasteiger partial charge in [0.1, 0.15) is 12.2 Å². The van der Waals surface area contributed by atoms with Crippen molar-refractivity contribution >= 4 is 12.2 Å². The van der Waals surface area contributed by atoms with Gasteiger partial charge >= 0.3 is 12.2 Å². The molecule has 148 valence electrons. The number of ether oxygens (including phenoxy) is 3. The van der Waals surface area contributed by atoms with Gasteiger partial charge in [-0.25, -0.2) is 9.59 Å². The average Bonchev–Trinajstić information content (AvgIpc) is 2.98. The first-order chi connectivity index (χ1) is 12.8. The molecule has 1 N–H and O–H groups in total. The molecule has 0 bridgehead atoms. The fourth-order valence-corrected chi connectivity index (χ4v) is 3.53. The summed E-state index contributed by atoms with van der Waals surface area (Å²) in [7, 11) is 0. The predicted octanol–water partition coefficient (Wildman–Crippen LogP) is 3.08. The first-order valence-corrected chi connectivity index (χ1v) is 9.42. The van der Waals surface area contributed by atoms with Gasteiger partial charge in [0.25, 0.3) is 0 Å². The third-order valence-corrected chi connectivity index (χ3v) is 4.67. The molecular formula is C20H28N2O5. The number of likely N-dealkylation sites (tertiary alicyclic amines) is 1. The predicted molar refractivity (Wildman–Crippen MR) is 99.3 cm³/mol. The Labute approximate surface area is 160 Å². The van der Waals surface area contributed by atoms with Gasteiger partial charge < -0.3 is 24.4 Å². The highest BCUT2D eigenvalue weighted by Gasteiger charge is 2.48. The molecule has 0 saturated carbocycles. The molecule has 3 atom stereocenters. The second kappa shape index (κ2) is 8.17. The maximum Gasteiger partial charge on any atom is 0.410 e. The number of alkyl carbamates (subject to hydrolysis) is 1. The number of carbonyl (C=O) groups is 2. The van der Waals surface area contributed by atoms with E-state index in [0.717, 1.165) is 18.4 Å². The van der Waals surface area contributed by atoms with Crippen molar-refractivity contribution in [1.29, 1.82) is 0 Å². The monoisotopic (exact) mass is 376 g/mol. The molecule has 0 unspecified atom stereocenters. The molecule has 1 aromatic rings. The molecule has 2 amide bonds. The van der Waals surface area contributed by atoms with Crippen LogP contribution in [-0.4, -0.2) is 54.0 Å². The summed E-state index contributed by atoms with van der Waals surface area (Å²) in [5, 5.41) is 2.86. The van der Waals surface area contributed by atoms with Crippen molar-refractivity contribution in [3.63, 3.8) is 0 Å². The van der Waals surface area contributed by atoms with E-state index >= 15 is 0 Å². The van der Waals surface area contributed by atoms with E-state index in [-0.39, 0.29) is 30.9 Å². The van der Waals surface area contributed by atoms with Crippen LogP contribution in [0.1, 0.15) is 39.2 Å². The van der Waals surface area contributed by atoms with Crippen LogP contribution >= 0.6 is 0 Å². The van der Waals surface area contributed by atoms with Gasteiger partial charge in [-0.2, -0.15) is 0 Å². The first kappa shape index (κ1) is 19.5. The molecule has 2 saturated heterocycles. The molecule has 7 heteroatoms. The molecule has 0 spiro atoms. The molecule has 0 aliphatic carbocycles. The summed E-state index contributed by atoms with van der Waals surface area (Å²) in [6.07, 6.45) is 0.593. The van der Waals surface area contributed by atoms with Gasteiger partial charge in [-0.1, -0.05) is 30.3 Å². The highest BCUT2D eigenvalue weighted by atomic mass is 16.6. The van der Waals surface area contributed by atoms with Gasteiger partial charge in [-0.3, -0.25) is 0 Å². The molecule has 1 aromatic carbocycles. The number of rotatable bonds is 3. The van der Waals surface area contributed by atoms with Crippen molar-refractivity contribution in [3.05, 3.63) is 35.9 Å². The fraction of sp³-hybridized carbons (Fsp3) is 0.600. The van der Waals surface area contributed by atoms with E-state index in [0.29, 0.717) is 13.2 Å². The van der Waals surface area contributed by atoms with E-state index in [1.807, 2.05) is 51.1 Å². The Morgan fingerprint density at radius 3 is 2.70 bits per heavy atom. The smallest absolute Gasteiger partial charge is 0.410 e. The molecule has 27 heavy (non-hydrogen) atoms. The quantitative estimate of drug-likeness (QED) is 0.877. The maximum absolute atomic E-state index is 12.6. The first-order valence-electron chi connectivity index (χ1n) is 9.42. The topological polar surface area (TPSA) is 77.1 Å². The number of fused-ring (bicyclic) bond motifs is 1. The van der Waals surface area contributed by atoms with Crippen molar-refractivity contribution in [2.45, 2.75) is 64.0 Å². The zero-order valence-corrected chi connectivity index (χ0v) is 16.1. The molecule has 2 fully saturated rings. The van der Waals surface area contributed by atoms with Crippen molar-refractivity contribution in [2.24, 2.45) is 0 Å². The Bertz CT molecular complexity index is 658. The van der Waals surface area contributed by atoms with E-state index in [2.05, 4.69) is 5.32 Å². The van der Waals surface area contributed by atoms with E-state index in [1.54, 1.807) is 4.90 Å². The molecule has 3 rings (SSSR count). The number of hydrogen-bond donors (Lipinski definition) is 1. The molecule has 2 aliphatic heterocycles. The SMILES string of the molecule is CC(C)(C)OC(=O)N1C[C@H](NC(=O)OCc2ccccc2)[C@@H]2OCCC[C@@H]21. The van der Waals surface area contributed by atoms with Crippen LogP contribution in [0.5, 0.6) is 0 Å². The lowest BCUT2D eigenvalue weighted by Crippen LogP contribution is -2.48. The van der Waals surface area contributed by atoms with Crippen LogP contribution in [-0.2, 0) is 20.8 Å². The summed E-state index contributed by atoms with van der Waals surface area (Å²) < 4.78 is 16.7. The minimum Gasteiger partial charge on any atom is -0.445 e. The minimum absolute atomic E-state index is 0.0898. The third kappa shape index (κ3) is 5.13. The highest BCUT2D eigenvalue weighted by molar-refractivity contribution is 5.71. The van der Waals surface area contributed by atoms with Crippen LogP contribution in [0.15, 0.2) is 30.3 Å². The zero-order valence-electron chi connectivity index (χ0n) is 16.1. The molecule has 0 radical (unpaired) electrons. The van der Waals surface area contributed by atoms with Gasteiger partial charge in [0.05, 0.1) is 18.2 Å². The van der Waals surface area contributed by atoms with Crippen molar-refractivity contribution in [3.8, 4) is 0 Å². The number of hydrogen-bond acceptors (Lipinski definition) is 5. The number of nitrogens with zero attached hydrogens (tertiary/aromatic N) is 1. The lowest BCUT2D eigenvalue weighted by atomic mass is 10.0. The maximum atomic E-state index is 12.6. The Kier molecular flexibility index (Phi) is 5.89. The number of benzene rings is 1. The second-order valence-electron chi connectivity index (χ2n) is 7.99. The second-order valence-corrected chi connectivity index (χ2v) is 7.99. The number of carbonyl (C=O) groups excluding carboxylic acids is 2. The molecule has 0 aromatic heterocycles.